The number of benzene rings is 1. The van der Waals surface area contributed by atoms with Crippen LogP contribution in [0.5, 0.6) is 0 Å². The van der Waals surface area contributed by atoms with Gasteiger partial charge in [-0.25, -0.2) is 4.39 Å². The molecule has 3 rings (SSSR count). The van der Waals surface area contributed by atoms with Gasteiger partial charge in [-0.2, -0.15) is 0 Å². The minimum atomic E-state index is -0.318. The van der Waals surface area contributed by atoms with Crippen molar-refractivity contribution in [2.75, 3.05) is 14.1 Å². The summed E-state index contributed by atoms with van der Waals surface area (Å²) in [5.74, 6) is -0.601. The van der Waals surface area contributed by atoms with Gasteiger partial charge in [0.1, 0.15) is 11.9 Å². The topological polar surface area (TPSA) is 63.6 Å². The van der Waals surface area contributed by atoms with E-state index in [1.54, 1.807) is 25.4 Å². The van der Waals surface area contributed by atoms with Crippen molar-refractivity contribution in [3.63, 3.8) is 0 Å². The van der Waals surface area contributed by atoms with Gasteiger partial charge < -0.3 is 10.1 Å². The first kappa shape index (κ1) is 18.8. The second kappa shape index (κ2) is 8.12. The number of halogens is 1. The Morgan fingerprint density at radius 3 is 2.70 bits per heavy atom. The van der Waals surface area contributed by atoms with E-state index in [9.17, 15) is 9.18 Å². The molecule has 140 valence electrons. The molecular formula is C21H22FN3O2. The second-order valence-electron chi connectivity index (χ2n) is 6.28. The fraction of sp³-hybridized carbons (Fsp3) is 0.286. The van der Waals surface area contributed by atoms with Gasteiger partial charge in [-0.1, -0.05) is 0 Å². The zero-order chi connectivity index (χ0) is 19.4. The Balaban J connectivity index is 2.07. The van der Waals surface area contributed by atoms with Crippen molar-refractivity contribution in [3.8, 4) is 0 Å². The van der Waals surface area contributed by atoms with E-state index >= 15 is 0 Å². The average Bonchev–Trinajstić information content (AvgIpc) is 3.05. The molecule has 0 spiro atoms. The van der Waals surface area contributed by atoms with E-state index < -0.39 is 0 Å². The minimum Gasteiger partial charge on any atom is -0.456 e. The van der Waals surface area contributed by atoms with Gasteiger partial charge >= 0.3 is 5.97 Å². The van der Waals surface area contributed by atoms with Crippen molar-refractivity contribution in [2.45, 2.75) is 25.9 Å². The molecule has 1 N–H and O–H groups in total. The van der Waals surface area contributed by atoms with E-state index in [-0.39, 0.29) is 17.9 Å². The molecule has 5 nitrogen and oxygen atoms in total. The summed E-state index contributed by atoms with van der Waals surface area (Å²) in [4.78, 5) is 20.3. The van der Waals surface area contributed by atoms with Crippen molar-refractivity contribution in [1.82, 2.24) is 10.3 Å². The minimum absolute atomic E-state index is 0.289. The number of nitrogens with zero attached hydrogens (tertiary/aromatic N) is 2. The third-order valence-corrected chi connectivity index (χ3v) is 4.53. The van der Waals surface area contributed by atoms with Gasteiger partial charge in [-0.3, -0.25) is 14.8 Å². The summed E-state index contributed by atoms with van der Waals surface area (Å²) in [6.07, 6.45) is 4.75. The third kappa shape index (κ3) is 3.89. The van der Waals surface area contributed by atoms with Crippen LogP contribution >= 0.6 is 0 Å². The quantitative estimate of drug-likeness (QED) is 0.649. The predicted molar refractivity (Wildman–Crippen MR) is 103 cm³/mol. The lowest BCUT2D eigenvalue weighted by Gasteiger charge is -2.16. The molecule has 1 aromatic carbocycles. The Morgan fingerprint density at radius 1 is 1.33 bits per heavy atom. The van der Waals surface area contributed by atoms with E-state index in [4.69, 9.17) is 4.74 Å². The van der Waals surface area contributed by atoms with Crippen LogP contribution in [-0.4, -0.2) is 30.8 Å². The molecule has 1 atom stereocenters. The van der Waals surface area contributed by atoms with Crippen LogP contribution in [0.1, 0.15) is 41.8 Å². The Hall–Kier alpha value is -3.02. The number of rotatable bonds is 5. The average molecular weight is 367 g/mol. The van der Waals surface area contributed by atoms with Gasteiger partial charge in [0.05, 0.1) is 11.4 Å². The molecule has 27 heavy (non-hydrogen) atoms. The lowest BCUT2D eigenvalue weighted by Crippen LogP contribution is -2.11. The number of carbonyl (C=O) groups is 1. The highest BCUT2D eigenvalue weighted by Gasteiger charge is 2.30. The zero-order valence-electron chi connectivity index (χ0n) is 15.6. The molecule has 1 unspecified atom stereocenters. The molecule has 0 radical (unpaired) electrons. The maximum absolute atomic E-state index is 13.3. The molecule has 6 heteroatoms. The van der Waals surface area contributed by atoms with E-state index in [1.807, 2.05) is 19.3 Å². The van der Waals surface area contributed by atoms with Crippen LogP contribution in [0.25, 0.3) is 5.57 Å². The van der Waals surface area contributed by atoms with E-state index in [0.717, 1.165) is 40.1 Å². The third-order valence-electron chi connectivity index (χ3n) is 4.53. The van der Waals surface area contributed by atoms with Gasteiger partial charge in [0.25, 0.3) is 0 Å². The largest absolute Gasteiger partial charge is 0.456 e. The standard InChI is InChI=1S/C21H22FN3O2/c1-13(26)27-19-9-8-17-16(10-11-25-21(17)19)18(12-23-2)20(24-3)14-4-6-15(22)7-5-14/h4-7,10-12,19,23H,8-9H2,1-3H3/b18-12-,24-20-. The lowest BCUT2D eigenvalue weighted by atomic mass is 9.93. The van der Waals surface area contributed by atoms with Crippen LogP contribution in [0.4, 0.5) is 4.39 Å². The van der Waals surface area contributed by atoms with Gasteiger partial charge in [0, 0.05) is 44.6 Å². The first-order valence-corrected chi connectivity index (χ1v) is 8.81. The number of esters is 1. The molecule has 0 saturated carbocycles. The normalized spacial score (nSPS) is 16.8. The first-order valence-electron chi connectivity index (χ1n) is 8.81. The van der Waals surface area contributed by atoms with Gasteiger partial charge in [0.15, 0.2) is 0 Å². The Kier molecular flexibility index (Phi) is 5.64. The zero-order valence-corrected chi connectivity index (χ0v) is 15.6. The van der Waals surface area contributed by atoms with Crippen LogP contribution in [-0.2, 0) is 16.0 Å². The molecule has 0 amide bonds. The molecule has 0 saturated heterocycles. The van der Waals surface area contributed by atoms with E-state index in [1.165, 1.54) is 19.1 Å². The number of carbonyl (C=O) groups excluding carboxylic acids is 1. The summed E-state index contributed by atoms with van der Waals surface area (Å²) in [6, 6.07) is 8.21. The molecule has 1 aliphatic rings. The van der Waals surface area contributed by atoms with E-state index in [0.29, 0.717) is 6.42 Å². The molecule has 0 fully saturated rings. The molecule has 1 aromatic heterocycles. The Morgan fingerprint density at radius 2 is 2.07 bits per heavy atom. The van der Waals surface area contributed by atoms with Crippen LogP contribution in [0, 0.1) is 5.82 Å². The van der Waals surface area contributed by atoms with E-state index in [2.05, 4.69) is 15.3 Å². The van der Waals surface area contributed by atoms with Crippen molar-refractivity contribution in [2.24, 2.45) is 4.99 Å². The highest BCUT2D eigenvalue weighted by atomic mass is 19.1. The molecule has 0 aliphatic heterocycles. The van der Waals surface area contributed by atoms with Crippen molar-refractivity contribution in [3.05, 3.63) is 70.9 Å². The SMILES string of the molecule is C/N=C(\C(=C/NC)c1ccnc2c1CCC2OC(C)=O)c1ccc(F)cc1. The summed E-state index contributed by atoms with van der Waals surface area (Å²) >= 11 is 0. The van der Waals surface area contributed by atoms with Crippen molar-refractivity contribution < 1.29 is 13.9 Å². The van der Waals surface area contributed by atoms with Crippen molar-refractivity contribution >= 4 is 17.3 Å². The number of allylic oxidation sites excluding steroid dienone is 1. The smallest absolute Gasteiger partial charge is 0.303 e. The number of hydrogen-bond acceptors (Lipinski definition) is 5. The summed E-state index contributed by atoms with van der Waals surface area (Å²) < 4.78 is 18.7. The van der Waals surface area contributed by atoms with Crippen LogP contribution in [0.2, 0.25) is 0 Å². The lowest BCUT2D eigenvalue weighted by molar-refractivity contribution is -0.146. The fourth-order valence-electron chi connectivity index (χ4n) is 3.46. The fourth-order valence-corrected chi connectivity index (χ4v) is 3.46. The summed E-state index contributed by atoms with van der Waals surface area (Å²) in [6.45, 7) is 1.41. The molecule has 0 bridgehead atoms. The Bertz CT molecular complexity index is 904. The van der Waals surface area contributed by atoms with Crippen LogP contribution in [0.3, 0.4) is 0 Å². The number of pyridine rings is 1. The number of nitrogens with one attached hydrogen (secondary N) is 1. The molecule has 1 heterocycles. The molecule has 1 aliphatic carbocycles. The molecular weight excluding hydrogens is 345 g/mol. The number of aromatic nitrogens is 1. The summed E-state index contributed by atoms with van der Waals surface area (Å²) in [7, 11) is 3.53. The monoisotopic (exact) mass is 367 g/mol. The predicted octanol–water partition coefficient (Wildman–Crippen LogP) is 3.45. The summed E-state index contributed by atoms with van der Waals surface area (Å²) in [5, 5.41) is 3.07. The van der Waals surface area contributed by atoms with Gasteiger partial charge in [-0.05, 0) is 54.3 Å². The second-order valence-corrected chi connectivity index (χ2v) is 6.28. The van der Waals surface area contributed by atoms with Crippen LogP contribution < -0.4 is 5.32 Å². The molecule has 2 aromatic rings. The Labute approximate surface area is 158 Å². The summed E-state index contributed by atoms with van der Waals surface area (Å²) in [5.41, 5.74) is 5.27. The number of fused-ring (bicyclic) bond motifs is 1. The van der Waals surface area contributed by atoms with Crippen molar-refractivity contribution in [1.29, 1.82) is 0 Å². The number of ether oxygens (including phenoxy) is 1. The maximum Gasteiger partial charge on any atom is 0.303 e. The maximum atomic E-state index is 13.3. The van der Waals surface area contributed by atoms with Gasteiger partial charge in [-0.15, -0.1) is 0 Å². The van der Waals surface area contributed by atoms with Gasteiger partial charge in [0.2, 0.25) is 0 Å². The number of aliphatic imine (C=N–C) groups is 1. The highest BCUT2D eigenvalue weighted by molar-refractivity contribution is 6.32. The first-order chi connectivity index (χ1) is 13.0. The highest BCUT2D eigenvalue weighted by Crippen LogP contribution is 2.37. The number of hydrogen-bond donors (Lipinski definition) is 1. The van der Waals surface area contributed by atoms with Crippen LogP contribution in [0.15, 0.2) is 47.7 Å².